The molecule has 0 aliphatic carbocycles. The molecule has 3 heterocycles. The maximum atomic E-state index is 12.5. The van der Waals surface area contributed by atoms with Gasteiger partial charge in [-0.25, -0.2) is 14.3 Å². The Morgan fingerprint density at radius 2 is 2.00 bits per heavy atom. The predicted molar refractivity (Wildman–Crippen MR) is 139 cm³/mol. The Bertz CT molecular complexity index is 1470. The third kappa shape index (κ3) is 4.56. The third-order valence-electron chi connectivity index (χ3n) is 6.15. The number of nitrogens with zero attached hydrogens (tertiary/aromatic N) is 3. The van der Waals surface area contributed by atoms with E-state index in [-0.39, 0.29) is 0 Å². The van der Waals surface area contributed by atoms with Crippen molar-refractivity contribution in [3.8, 4) is 28.1 Å². The van der Waals surface area contributed by atoms with Crippen molar-refractivity contribution in [3.05, 3.63) is 70.5 Å². The largest absolute Gasteiger partial charge is 0.493 e. The second-order valence-electron chi connectivity index (χ2n) is 9.99. The molecule has 0 saturated carbocycles. The van der Waals surface area contributed by atoms with Gasteiger partial charge in [0.1, 0.15) is 5.75 Å². The fraction of sp³-hybridized carbons (Fsp3) is 0.321. The first kappa shape index (κ1) is 24.3. The summed E-state index contributed by atoms with van der Waals surface area (Å²) in [6.07, 6.45) is 2.32. The van der Waals surface area contributed by atoms with Crippen molar-refractivity contribution in [1.82, 2.24) is 14.6 Å². The van der Waals surface area contributed by atoms with Gasteiger partial charge in [-0.3, -0.25) is 0 Å². The van der Waals surface area contributed by atoms with Crippen LogP contribution in [-0.4, -0.2) is 37.9 Å². The van der Waals surface area contributed by atoms with Crippen LogP contribution in [-0.2, 0) is 16.0 Å². The van der Waals surface area contributed by atoms with Crippen molar-refractivity contribution < 1.29 is 19.4 Å². The molecule has 8 heteroatoms. The highest BCUT2D eigenvalue weighted by Gasteiger charge is 2.33. The standard InChI is InChI=1S/C28H28ClN3O4/c1-16-23(25(27(33)34)36-28(2,3)4)24(19-10-11-22-18(13-19)8-6-12-35-22)32-26(31-16)21(15-30-32)17-7-5-9-20(29)14-17/h5,7,9-11,13-15,25H,6,8,12H2,1-4H3,(H,33,34). The Labute approximate surface area is 214 Å². The predicted octanol–water partition coefficient (Wildman–Crippen LogP) is 6.29. The van der Waals surface area contributed by atoms with Crippen LogP contribution in [0.25, 0.3) is 28.0 Å². The Morgan fingerprint density at radius 3 is 2.72 bits per heavy atom. The molecule has 0 radical (unpaired) electrons. The zero-order valence-electron chi connectivity index (χ0n) is 20.7. The van der Waals surface area contributed by atoms with E-state index in [0.717, 1.165) is 40.8 Å². The summed E-state index contributed by atoms with van der Waals surface area (Å²) in [6, 6.07) is 13.5. The summed E-state index contributed by atoms with van der Waals surface area (Å²) in [5.41, 5.74) is 5.18. The van der Waals surface area contributed by atoms with E-state index >= 15 is 0 Å². The lowest BCUT2D eigenvalue weighted by molar-refractivity contribution is -0.160. The van der Waals surface area contributed by atoms with E-state index < -0.39 is 17.7 Å². The molecule has 1 aliphatic heterocycles. The van der Waals surface area contributed by atoms with Crippen LogP contribution in [0.1, 0.15) is 50.1 Å². The third-order valence-corrected chi connectivity index (χ3v) is 6.38. The molecule has 2 aromatic carbocycles. The van der Waals surface area contributed by atoms with E-state index in [0.29, 0.717) is 34.2 Å². The number of hydrogen-bond acceptors (Lipinski definition) is 5. The molecule has 1 unspecified atom stereocenters. The first-order valence-electron chi connectivity index (χ1n) is 11.9. The highest BCUT2D eigenvalue weighted by molar-refractivity contribution is 6.30. The Kier molecular flexibility index (Phi) is 6.22. The summed E-state index contributed by atoms with van der Waals surface area (Å²) >= 11 is 6.26. The molecule has 7 nitrogen and oxygen atoms in total. The number of ether oxygens (including phenoxy) is 2. The van der Waals surface area contributed by atoms with Crippen LogP contribution in [0.15, 0.2) is 48.7 Å². The molecule has 1 aliphatic rings. The number of carboxylic acids is 1. The zero-order valence-corrected chi connectivity index (χ0v) is 21.5. The topological polar surface area (TPSA) is 86.0 Å². The van der Waals surface area contributed by atoms with E-state index in [2.05, 4.69) is 11.2 Å². The number of benzene rings is 2. The van der Waals surface area contributed by atoms with Crippen LogP contribution < -0.4 is 4.74 Å². The number of hydrogen-bond donors (Lipinski definition) is 1. The molecular formula is C28H28ClN3O4. The van der Waals surface area contributed by atoms with E-state index in [4.69, 9.17) is 26.1 Å². The summed E-state index contributed by atoms with van der Waals surface area (Å²) in [5.74, 6) is -0.228. The number of rotatable bonds is 5. The maximum Gasteiger partial charge on any atom is 0.337 e. The SMILES string of the molecule is Cc1nc2c(-c3cccc(Cl)c3)cnn2c(-c2ccc3c(c2)CCCO3)c1C(OC(C)(C)C)C(=O)O. The summed E-state index contributed by atoms with van der Waals surface area (Å²) < 4.78 is 13.6. The molecule has 0 saturated heterocycles. The van der Waals surface area contributed by atoms with E-state index in [1.807, 2.05) is 64.1 Å². The van der Waals surface area contributed by atoms with Gasteiger partial charge < -0.3 is 14.6 Å². The smallest absolute Gasteiger partial charge is 0.337 e. The van der Waals surface area contributed by atoms with Crippen molar-refractivity contribution in [1.29, 1.82) is 0 Å². The molecule has 5 rings (SSSR count). The minimum atomic E-state index is -1.23. The Hall–Kier alpha value is -3.42. The molecule has 1 atom stereocenters. The van der Waals surface area contributed by atoms with Crippen LogP contribution in [0.5, 0.6) is 5.75 Å². The monoisotopic (exact) mass is 505 g/mol. The van der Waals surface area contributed by atoms with Gasteiger partial charge in [-0.1, -0.05) is 23.7 Å². The summed E-state index contributed by atoms with van der Waals surface area (Å²) in [5, 5.41) is 15.5. The van der Waals surface area contributed by atoms with Gasteiger partial charge in [-0.05, 0) is 82.0 Å². The van der Waals surface area contributed by atoms with Crippen molar-refractivity contribution in [2.75, 3.05) is 6.61 Å². The maximum absolute atomic E-state index is 12.5. The summed E-state index contributed by atoms with van der Waals surface area (Å²) in [7, 11) is 0. The van der Waals surface area contributed by atoms with Crippen LogP contribution in [0.3, 0.4) is 0 Å². The van der Waals surface area contributed by atoms with Gasteiger partial charge in [0.25, 0.3) is 0 Å². The minimum Gasteiger partial charge on any atom is -0.493 e. The first-order chi connectivity index (χ1) is 17.1. The second-order valence-corrected chi connectivity index (χ2v) is 10.4. The van der Waals surface area contributed by atoms with Crippen LogP contribution in [0.2, 0.25) is 5.02 Å². The quantitative estimate of drug-likeness (QED) is 0.343. The van der Waals surface area contributed by atoms with Crippen LogP contribution >= 0.6 is 11.6 Å². The minimum absolute atomic E-state index is 0.474. The molecule has 0 amide bonds. The highest BCUT2D eigenvalue weighted by Crippen LogP contribution is 2.39. The molecule has 0 fully saturated rings. The fourth-order valence-corrected chi connectivity index (χ4v) is 4.85. The molecule has 2 aromatic heterocycles. The van der Waals surface area contributed by atoms with Crippen molar-refractivity contribution in [2.45, 2.75) is 52.2 Å². The molecule has 1 N–H and O–H groups in total. The summed E-state index contributed by atoms with van der Waals surface area (Å²) in [6.45, 7) is 8.03. The van der Waals surface area contributed by atoms with Crippen molar-refractivity contribution in [3.63, 3.8) is 0 Å². The van der Waals surface area contributed by atoms with E-state index in [1.165, 1.54) is 0 Å². The van der Waals surface area contributed by atoms with Crippen LogP contribution in [0.4, 0.5) is 0 Å². The van der Waals surface area contributed by atoms with E-state index in [9.17, 15) is 9.90 Å². The van der Waals surface area contributed by atoms with Gasteiger partial charge in [-0.15, -0.1) is 0 Å². The number of carboxylic acid groups (broad SMARTS) is 1. The number of halogens is 1. The Morgan fingerprint density at radius 1 is 1.19 bits per heavy atom. The number of aliphatic carboxylic acids is 1. The van der Waals surface area contributed by atoms with Crippen molar-refractivity contribution in [2.24, 2.45) is 0 Å². The van der Waals surface area contributed by atoms with Gasteiger partial charge >= 0.3 is 5.97 Å². The molecule has 186 valence electrons. The Balaban J connectivity index is 1.81. The van der Waals surface area contributed by atoms with Gasteiger partial charge in [0.05, 0.1) is 24.1 Å². The number of aryl methyl sites for hydroxylation is 2. The number of fused-ring (bicyclic) bond motifs is 2. The lowest BCUT2D eigenvalue weighted by Crippen LogP contribution is -2.29. The average molecular weight is 506 g/mol. The van der Waals surface area contributed by atoms with Crippen molar-refractivity contribution >= 4 is 23.2 Å². The van der Waals surface area contributed by atoms with E-state index in [1.54, 1.807) is 10.7 Å². The number of carbonyl (C=O) groups is 1. The van der Waals surface area contributed by atoms with Gasteiger partial charge in [0.2, 0.25) is 0 Å². The molecular weight excluding hydrogens is 478 g/mol. The molecule has 4 aromatic rings. The average Bonchev–Trinajstić information content (AvgIpc) is 3.24. The molecule has 36 heavy (non-hydrogen) atoms. The lowest BCUT2D eigenvalue weighted by Gasteiger charge is -2.28. The highest BCUT2D eigenvalue weighted by atomic mass is 35.5. The van der Waals surface area contributed by atoms with Gasteiger partial charge in [0, 0.05) is 27.4 Å². The number of aromatic nitrogens is 3. The zero-order chi connectivity index (χ0) is 25.6. The summed E-state index contributed by atoms with van der Waals surface area (Å²) in [4.78, 5) is 17.4. The molecule has 0 spiro atoms. The first-order valence-corrected chi connectivity index (χ1v) is 12.3. The van der Waals surface area contributed by atoms with Gasteiger partial charge in [0.15, 0.2) is 11.8 Å². The molecule has 0 bridgehead atoms. The van der Waals surface area contributed by atoms with Gasteiger partial charge in [-0.2, -0.15) is 5.10 Å². The lowest BCUT2D eigenvalue weighted by atomic mass is 9.95. The normalized spacial score (nSPS) is 14.4. The van der Waals surface area contributed by atoms with Crippen LogP contribution in [0, 0.1) is 6.92 Å². The second kappa shape index (κ2) is 9.22. The fourth-order valence-electron chi connectivity index (χ4n) is 4.66.